The van der Waals surface area contributed by atoms with Gasteiger partial charge in [0.2, 0.25) is 12.2 Å². The number of aliphatic hydroxyl groups is 5. The zero-order chi connectivity index (χ0) is 48.0. The topological polar surface area (TPSA) is 205 Å². The lowest BCUT2D eigenvalue weighted by Crippen LogP contribution is -2.75. The molecule has 3 aliphatic carbocycles. The number of amides is 1. The van der Waals surface area contributed by atoms with Crippen LogP contribution in [0, 0.1) is 11.8 Å². The molecular weight excluding hydrogens is 877 g/mol. The van der Waals surface area contributed by atoms with Gasteiger partial charge in [0, 0.05) is 51.7 Å². The number of thioether (sulfide) groups is 1. The second-order valence-electron chi connectivity index (χ2n) is 20.3. The molecule has 11 atom stereocenters. The number of rotatable bonds is 13. The average Bonchev–Trinajstić information content (AvgIpc) is 3.36. The van der Waals surface area contributed by atoms with Gasteiger partial charge in [0.05, 0.1) is 41.3 Å². The largest absolute Gasteiger partial charge is 0.482 e. The number of allylic oxidation sites excluding steroid dienone is 4. The second-order valence-corrected chi connectivity index (χ2v) is 21.5. The lowest BCUT2D eigenvalue weighted by atomic mass is 9.49. The van der Waals surface area contributed by atoms with Gasteiger partial charge in [-0.1, -0.05) is 41.5 Å². The van der Waals surface area contributed by atoms with Crippen LogP contribution < -0.4 is 24.8 Å². The van der Waals surface area contributed by atoms with Gasteiger partial charge in [0.1, 0.15) is 47.3 Å². The summed E-state index contributed by atoms with van der Waals surface area (Å²) in [6.07, 6.45) is 4.29. The van der Waals surface area contributed by atoms with Gasteiger partial charge in [-0.15, -0.1) is 11.8 Å². The molecule has 8 aliphatic rings. The molecule has 5 fully saturated rings. The zero-order valence-corrected chi connectivity index (χ0v) is 40.3. The maximum absolute atomic E-state index is 15.7. The van der Waals surface area contributed by atoms with Crippen LogP contribution in [0.2, 0.25) is 0 Å². The summed E-state index contributed by atoms with van der Waals surface area (Å²) in [7, 11) is 0. The molecule has 1 spiro atoms. The predicted octanol–water partition coefficient (Wildman–Crippen LogP) is 5.92. The van der Waals surface area contributed by atoms with Crippen molar-refractivity contribution >= 4 is 40.9 Å². The van der Waals surface area contributed by atoms with Gasteiger partial charge in [0.25, 0.3) is 0 Å². The number of hydrogen-bond acceptors (Lipinski definition) is 14. The highest BCUT2D eigenvalue weighted by atomic mass is 32.2. The number of ether oxygens (including phenoxy) is 5. The Bertz CT molecular complexity index is 2520. The summed E-state index contributed by atoms with van der Waals surface area (Å²) in [6, 6.07) is 7.92. The van der Waals surface area contributed by atoms with Gasteiger partial charge in [0.15, 0.2) is 17.0 Å². The summed E-state index contributed by atoms with van der Waals surface area (Å²) in [4.78, 5) is 30.0. The average molecular weight is 941 g/mol. The number of fused-ring (bicyclic) bond motifs is 4. The molecule has 4 bridgehead atoms. The molecule has 67 heavy (non-hydrogen) atoms. The third kappa shape index (κ3) is 7.59. The lowest BCUT2D eigenvalue weighted by Gasteiger charge is -2.61. The highest BCUT2D eigenvalue weighted by molar-refractivity contribution is 8.00. The van der Waals surface area contributed by atoms with Crippen molar-refractivity contribution < 1.29 is 58.8 Å². The Hall–Kier alpha value is -4.45. The van der Waals surface area contributed by atoms with E-state index in [9.17, 15) is 30.3 Å². The van der Waals surface area contributed by atoms with E-state index in [0.29, 0.717) is 58.7 Å². The monoisotopic (exact) mass is 940 g/mol. The maximum Gasteiger partial charge on any atom is 0.246 e. The molecule has 360 valence electrons. The smallest absolute Gasteiger partial charge is 0.246 e. The van der Waals surface area contributed by atoms with Crippen LogP contribution in [0.15, 0.2) is 75.8 Å². The predicted molar refractivity (Wildman–Crippen MR) is 254 cm³/mol. The Balaban J connectivity index is 1.36. The summed E-state index contributed by atoms with van der Waals surface area (Å²) >= 11 is 1.60. The highest BCUT2D eigenvalue weighted by Gasteiger charge is 2.83. The third-order valence-corrected chi connectivity index (χ3v) is 16.1. The van der Waals surface area contributed by atoms with Crippen molar-refractivity contribution in [3.05, 3.63) is 87.6 Å². The van der Waals surface area contributed by atoms with Crippen LogP contribution in [0.5, 0.6) is 17.2 Å². The van der Waals surface area contributed by atoms with E-state index in [1.165, 1.54) is 5.57 Å². The Kier molecular flexibility index (Phi) is 12.4. The molecule has 1 amide bonds. The molecule has 10 rings (SSSR count). The van der Waals surface area contributed by atoms with E-state index < -0.39 is 70.9 Å². The van der Waals surface area contributed by atoms with Crippen LogP contribution in [0.1, 0.15) is 97.8 Å². The molecule has 15 heteroatoms. The number of carbonyl (C=O) groups excluding carboxylic acids is 2. The number of Topliss-reactive ketones (excluding diaryl/α,β-unsaturated/α-hetero) is 1. The lowest BCUT2D eigenvalue weighted by molar-refractivity contribution is -0.277. The highest BCUT2D eigenvalue weighted by Crippen LogP contribution is 2.73. The Morgan fingerprint density at radius 2 is 1.72 bits per heavy atom. The fraction of sp³-hybridized carbons (Fsp3) is 0.538. The fourth-order valence-corrected chi connectivity index (χ4v) is 12.9. The third-order valence-electron chi connectivity index (χ3n) is 14.7. The maximum atomic E-state index is 15.7. The van der Waals surface area contributed by atoms with Crippen LogP contribution >= 0.6 is 11.8 Å². The quantitative estimate of drug-likeness (QED) is 0.0920. The number of anilines is 1. The molecule has 7 N–H and O–H groups in total. The van der Waals surface area contributed by atoms with Crippen LogP contribution in [-0.4, -0.2) is 115 Å². The number of ketones is 1. The molecule has 5 aliphatic heterocycles. The van der Waals surface area contributed by atoms with E-state index in [-0.39, 0.29) is 42.9 Å². The van der Waals surface area contributed by atoms with Crippen molar-refractivity contribution in [1.82, 2.24) is 5.32 Å². The van der Waals surface area contributed by atoms with E-state index in [4.69, 9.17) is 23.7 Å². The SMILES string of the molecule is CC(C)=CCCC1(C)C=Cc2c(c(CC=C(C)C)c3c(c2O[C@H]2O[C@@H](CO)[C@H](O)[C@@H](O)[C@@H]2O)C2=C4C(Sc5ccccc5N2)C2CC5C(C)(C)OC(C/C=C(/C)C(=O)NCCO)(C2=O)C45O3)O1. The Morgan fingerprint density at radius 1 is 0.970 bits per heavy atom. The number of nitrogens with one attached hydrogen (secondary N) is 2. The summed E-state index contributed by atoms with van der Waals surface area (Å²) < 4.78 is 35.4. The van der Waals surface area contributed by atoms with Gasteiger partial charge in [-0.25, -0.2) is 0 Å². The summed E-state index contributed by atoms with van der Waals surface area (Å²) in [6.45, 7) is 15.1. The first-order chi connectivity index (χ1) is 31.8. The molecule has 0 aromatic heterocycles. The zero-order valence-electron chi connectivity index (χ0n) is 39.5. The first-order valence-corrected chi connectivity index (χ1v) is 24.3. The molecule has 5 heterocycles. The standard InChI is InChI=1S/C52H64N2O12S/c1-26(2)12-11-19-50(8)20-18-30-42(64-50)29(16-15-27(3)4)44-36(43(30)63-48-41(59)40(58)39(57)33(25-56)62-48)38-37-45(67-34-14-10-9-13-32(34)54-38)31-24-35-49(6,7)66-51(46(31)60,52(35,37)65-44)21-17-28(5)47(61)53-22-23-55/h9-10,12-15,17-18,20,31,33,35,39-41,45,48,54-59H,11,16,19,21-25H2,1-8H3,(H,53,61)/b28-17-/t31?,33-,35?,39-,40+,41-,45?,48+,50?,51?,52?/m0/s1. The van der Waals surface area contributed by atoms with Crippen LogP contribution in [0.25, 0.3) is 11.8 Å². The van der Waals surface area contributed by atoms with Crippen molar-refractivity contribution in [3.8, 4) is 17.2 Å². The van der Waals surface area contributed by atoms with Crippen LogP contribution in [-0.2, 0) is 25.5 Å². The molecule has 6 unspecified atom stereocenters. The van der Waals surface area contributed by atoms with E-state index in [0.717, 1.165) is 28.1 Å². The minimum Gasteiger partial charge on any atom is -0.482 e. The summed E-state index contributed by atoms with van der Waals surface area (Å²) in [5.74, 6) is -0.328. The normalized spacial score (nSPS) is 33.7. The Labute approximate surface area is 396 Å². The molecule has 3 saturated carbocycles. The van der Waals surface area contributed by atoms with E-state index in [1.807, 2.05) is 71.0 Å². The van der Waals surface area contributed by atoms with Crippen molar-refractivity contribution in [1.29, 1.82) is 0 Å². The van der Waals surface area contributed by atoms with Crippen molar-refractivity contribution in [2.45, 2.75) is 151 Å². The first kappa shape index (κ1) is 47.6. The van der Waals surface area contributed by atoms with Gasteiger partial charge >= 0.3 is 0 Å². The summed E-state index contributed by atoms with van der Waals surface area (Å²) in [5, 5.41) is 59.4. The molecule has 2 saturated heterocycles. The van der Waals surface area contributed by atoms with E-state index in [2.05, 4.69) is 36.6 Å². The van der Waals surface area contributed by atoms with Gasteiger partial charge in [-0.05, 0) is 105 Å². The van der Waals surface area contributed by atoms with E-state index in [1.54, 1.807) is 24.8 Å². The second kappa shape index (κ2) is 17.5. The van der Waals surface area contributed by atoms with Gasteiger partial charge in [-0.3, -0.25) is 9.59 Å². The summed E-state index contributed by atoms with van der Waals surface area (Å²) in [5.41, 5.74) is 1.77. The van der Waals surface area contributed by atoms with Gasteiger partial charge < -0.3 is 59.9 Å². The number of aliphatic hydroxyl groups excluding tert-OH is 5. The number of carbonyl (C=O) groups is 2. The van der Waals surface area contributed by atoms with Crippen LogP contribution in [0.4, 0.5) is 5.69 Å². The number of para-hydroxylation sites is 1. The number of hydrogen-bond donors (Lipinski definition) is 7. The number of benzene rings is 2. The van der Waals surface area contributed by atoms with Crippen molar-refractivity contribution in [3.63, 3.8) is 0 Å². The molecule has 0 radical (unpaired) electrons. The van der Waals surface area contributed by atoms with E-state index >= 15 is 4.79 Å². The minimum atomic E-state index is -1.74. The van der Waals surface area contributed by atoms with Crippen molar-refractivity contribution in [2.75, 3.05) is 25.1 Å². The molecule has 2 aromatic carbocycles. The Morgan fingerprint density at radius 3 is 2.43 bits per heavy atom. The molecular formula is C52H64N2O12S. The van der Waals surface area contributed by atoms with Crippen molar-refractivity contribution in [2.24, 2.45) is 11.8 Å². The van der Waals surface area contributed by atoms with Gasteiger partial charge in [-0.2, -0.15) is 0 Å². The molecule has 14 nitrogen and oxygen atoms in total. The first-order valence-electron chi connectivity index (χ1n) is 23.4. The van der Waals surface area contributed by atoms with Crippen LogP contribution in [0.3, 0.4) is 0 Å². The minimum absolute atomic E-state index is 0.0151. The fourth-order valence-electron chi connectivity index (χ4n) is 11.4. The molecule has 2 aromatic rings.